The van der Waals surface area contributed by atoms with Gasteiger partial charge < -0.3 is 24.8 Å². The van der Waals surface area contributed by atoms with Gasteiger partial charge in [-0.05, 0) is 0 Å². The molecule has 8 nitrogen and oxygen atoms in total. The molecule has 8 heteroatoms. The van der Waals surface area contributed by atoms with Gasteiger partial charge in [-0.25, -0.2) is 14.4 Å². The molecule has 0 rings (SSSR count). The molecule has 2 amide bonds. The Bertz CT molecular complexity index is 343. The number of carbonyl (C=O) groups is 3. The minimum atomic E-state index is -0.606. The lowest BCUT2D eigenvalue weighted by Gasteiger charge is -2.22. The number of aliphatic hydroxyl groups is 1. The average molecular weight is 286 g/mol. The Kier molecular flexibility index (Phi) is 9.32. The first-order valence-electron chi connectivity index (χ1n) is 5.77. The van der Waals surface area contributed by atoms with Gasteiger partial charge in [0, 0.05) is 12.2 Å². The molecule has 0 aliphatic rings. The van der Waals surface area contributed by atoms with E-state index in [2.05, 4.69) is 18.5 Å². The van der Waals surface area contributed by atoms with Crippen LogP contribution >= 0.6 is 0 Å². The molecule has 0 heterocycles. The van der Waals surface area contributed by atoms with Crippen LogP contribution in [0.3, 0.4) is 0 Å². The second-order valence-electron chi connectivity index (χ2n) is 3.37. The molecule has 0 aromatic heterocycles. The van der Waals surface area contributed by atoms with Gasteiger partial charge >= 0.3 is 18.0 Å². The molecule has 0 spiro atoms. The second kappa shape index (κ2) is 10.6. The topological polar surface area (TPSA) is 105 Å². The fraction of sp³-hybridized carbons (Fsp3) is 0.417. The molecule has 0 unspecified atom stereocenters. The van der Waals surface area contributed by atoms with E-state index < -0.39 is 24.7 Å². The van der Waals surface area contributed by atoms with Crippen LogP contribution in [-0.4, -0.2) is 61.0 Å². The fourth-order valence-electron chi connectivity index (χ4n) is 1.13. The highest BCUT2D eigenvalue weighted by Crippen LogP contribution is 1.93. The third-order valence-corrected chi connectivity index (χ3v) is 2.06. The van der Waals surface area contributed by atoms with E-state index in [0.29, 0.717) is 0 Å². The summed E-state index contributed by atoms with van der Waals surface area (Å²) in [5.41, 5.74) is 0. The molecule has 0 aliphatic heterocycles. The number of hydrogen-bond acceptors (Lipinski definition) is 6. The van der Waals surface area contributed by atoms with Gasteiger partial charge in [0.05, 0.1) is 13.1 Å². The van der Waals surface area contributed by atoms with E-state index in [-0.39, 0.29) is 26.3 Å². The van der Waals surface area contributed by atoms with Gasteiger partial charge in [-0.2, -0.15) is 0 Å². The SMILES string of the molecule is C=CC(=O)OCCN(CCOC(=O)C=C)C(=O)NCO. The normalized spacial score (nSPS) is 9.25. The summed E-state index contributed by atoms with van der Waals surface area (Å²) in [6.45, 7) is 6.01. The molecule has 0 radical (unpaired) electrons. The Morgan fingerprint density at radius 3 is 1.85 bits per heavy atom. The maximum atomic E-state index is 11.6. The van der Waals surface area contributed by atoms with Crippen LogP contribution in [0.2, 0.25) is 0 Å². The second-order valence-corrected chi connectivity index (χ2v) is 3.37. The van der Waals surface area contributed by atoms with E-state index in [0.717, 1.165) is 12.2 Å². The lowest BCUT2D eigenvalue weighted by atomic mass is 10.5. The van der Waals surface area contributed by atoms with Crippen LogP contribution in [0.5, 0.6) is 0 Å². The predicted molar refractivity (Wildman–Crippen MR) is 69.5 cm³/mol. The molecular weight excluding hydrogens is 268 g/mol. The summed E-state index contributed by atoms with van der Waals surface area (Å²) in [4.78, 5) is 34.5. The van der Waals surface area contributed by atoms with E-state index in [1.165, 1.54) is 4.90 Å². The van der Waals surface area contributed by atoms with E-state index in [9.17, 15) is 14.4 Å². The third kappa shape index (κ3) is 7.88. The molecule has 0 aromatic carbocycles. The monoisotopic (exact) mass is 286 g/mol. The first kappa shape index (κ1) is 17.6. The number of nitrogens with zero attached hydrogens (tertiary/aromatic N) is 1. The zero-order chi connectivity index (χ0) is 15.4. The van der Waals surface area contributed by atoms with Crippen LogP contribution in [0.15, 0.2) is 25.3 Å². The maximum absolute atomic E-state index is 11.6. The number of aliphatic hydroxyl groups excluding tert-OH is 1. The van der Waals surface area contributed by atoms with E-state index in [1.807, 2.05) is 0 Å². The van der Waals surface area contributed by atoms with Crippen molar-refractivity contribution in [2.24, 2.45) is 0 Å². The molecule has 0 saturated heterocycles. The van der Waals surface area contributed by atoms with Gasteiger partial charge in [-0.1, -0.05) is 13.2 Å². The predicted octanol–water partition coefficient (Wildman–Crippen LogP) is -0.594. The van der Waals surface area contributed by atoms with Crippen molar-refractivity contribution < 1.29 is 29.0 Å². The summed E-state index contributed by atoms with van der Waals surface area (Å²) < 4.78 is 9.47. The molecule has 2 N–H and O–H groups in total. The van der Waals surface area contributed by atoms with Gasteiger partial charge in [0.2, 0.25) is 0 Å². The summed E-state index contributed by atoms with van der Waals surface area (Å²) >= 11 is 0. The maximum Gasteiger partial charge on any atom is 0.330 e. The molecule has 20 heavy (non-hydrogen) atoms. The number of esters is 2. The van der Waals surface area contributed by atoms with Crippen molar-refractivity contribution in [3.8, 4) is 0 Å². The lowest BCUT2D eigenvalue weighted by Crippen LogP contribution is -2.44. The Balaban J connectivity index is 4.22. The largest absolute Gasteiger partial charge is 0.461 e. The summed E-state index contributed by atoms with van der Waals surface area (Å²) in [5, 5.41) is 10.8. The molecule has 0 fully saturated rings. The molecule has 0 saturated carbocycles. The number of rotatable bonds is 9. The first-order chi connectivity index (χ1) is 9.54. The minimum Gasteiger partial charge on any atom is -0.461 e. The van der Waals surface area contributed by atoms with Crippen LogP contribution in [0, 0.1) is 0 Å². The van der Waals surface area contributed by atoms with Crippen LogP contribution < -0.4 is 5.32 Å². The average Bonchev–Trinajstić information content (AvgIpc) is 2.45. The molecule has 0 aliphatic carbocycles. The van der Waals surface area contributed by atoms with Gasteiger partial charge in [0.25, 0.3) is 0 Å². The van der Waals surface area contributed by atoms with Gasteiger partial charge in [0.15, 0.2) is 0 Å². The van der Waals surface area contributed by atoms with Crippen molar-refractivity contribution in [2.45, 2.75) is 0 Å². The zero-order valence-corrected chi connectivity index (χ0v) is 11.0. The van der Waals surface area contributed by atoms with Crippen LogP contribution in [0.1, 0.15) is 0 Å². The lowest BCUT2D eigenvalue weighted by molar-refractivity contribution is -0.138. The quantitative estimate of drug-likeness (QED) is 0.333. The third-order valence-electron chi connectivity index (χ3n) is 2.06. The summed E-state index contributed by atoms with van der Waals surface area (Å²) in [6, 6.07) is -0.572. The van der Waals surface area contributed by atoms with Crippen molar-refractivity contribution in [1.29, 1.82) is 0 Å². The number of amides is 2. The van der Waals surface area contributed by atoms with Crippen molar-refractivity contribution in [2.75, 3.05) is 33.0 Å². The highest BCUT2D eigenvalue weighted by Gasteiger charge is 2.13. The van der Waals surface area contributed by atoms with E-state index >= 15 is 0 Å². The van der Waals surface area contributed by atoms with Gasteiger partial charge in [-0.3, -0.25) is 0 Å². The van der Waals surface area contributed by atoms with Gasteiger partial charge in [-0.15, -0.1) is 0 Å². The van der Waals surface area contributed by atoms with Crippen molar-refractivity contribution >= 4 is 18.0 Å². The van der Waals surface area contributed by atoms with Crippen molar-refractivity contribution in [1.82, 2.24) is 10.2 Å². The summed E-state index contributed by atoms with van der Waals surface area (Å²) in [6.07, 6.45) is 2.01. The summed E-state index contributed by atoms with van der Waals surface area (Å²) in [5.74, 6) is -1.21. The van der Waals surface area contributed by atoms with Crippen LogP contribution in [0.25, 0.3) is 0 Å². The summed E-state index contributed by atoms with van der Waals surface area (Å²) in [7, 11) is 0. The molecular formula is C12H18N2O6. The first-order valence-corrected chi connectivity index (χ1v) is 5.77. The standard InChI is InChI=1S/C12H18N2O6/c1-3-10(16)19-7-5-14(12(18)13-9-15)6-8-20-11(17)4-2/h3-4,15H,1-2,5-9H2,(H,13,18). The number of hydrogen-bond donors (Lipinski definition) is 2. The Morgan fingerprint density at radius 2 is 1.50 bits per heavy atom. The minimum absolute atomic E-state index is 0.0426. The number of urea groups is 1. The van der Waals surface area contributed by atoms with Crippen LogP contribution in [-0.2, 0) is 19.1 Å². The molecule has 0 bridgehead atoms. The van der Waals surface area contributed by atoms with E-state index in [1.54, 1.807) is 0 Å². The molecule has 112 valence electrons. The van der Waals surface area contributed by atoms with Crippen molar-refractivity contribution in [3.05, 3.63) is 25.3 Å². The molecule has 0 atom stereocenters. The Labute approximate surface area is 116 Å². The van der Waals surface area contributed by atoms with Gasteiger partial charge in [0.1, 0.15) is 19.9 Å². The number of carbonyl (C=O) groups excluding carboxylic acids is 3. The van der Waals surface area contributed by atoms with Crippen molar-refractivity contribution in [3.63, 3.8) is 0 Å². The molecule has 0 aromatic rings. The fourth-order valence-corrected chi connectivity index (χ4v) is 1.13. The Morgan fingerprint density at radius 1 is 1.05 bits per heavy atom. The highest BCUT2D eigenvalue weighted by atomic mass is 16.5. The van der Waals surface area contributed by atoms with E-state index in [4.69, 9.17) is 14.6 Å². The highest BCUT2D eigenvalue weighted by molar-refractivity contribution is 5.81. The smallest absolute Gasteiger partial charge is 0.330 e. The number of nitrogens with one attached hydrogen (secondary N) is 1. The van der Waals surface area contributed by atoms with Crippen LogP contribution in [0.4, 0.5) is 4.79 Å². The Hall–Kier alpha value is -2.35. The zero-order valence-electron chi connectivity index (χ0n) is 11.0. The number of ether oxygens (including phenoxy) is 2.